The summed E-state index contributed by atoms with van der Waals surface area (Å²) in [6.45, 7) is 4.10. The molecule has 0 fully saturated rings. The first-order valence-electron chi connectivity index (χ1n) is 11.8. The van der Waals surface area contributed by atoms with E-state index in [1.54, 1.807) is 0 Å². The Hall–Kier alpha value is -0.870. The van der Waals surface area contributed by atoms with Crippen LogP contribution in [0.5, 0.6) is 0 Å². The highest BCUT2D eigenvalue weighted by Crippen LogP contribution is 2.10. The zero-order valence-electron chi connectivity index (χ0n) is 19.3. The summed E-state index contributed by atoms with van der Waals surface area (Å²) < 4.78 is 0.949. The van der Waals surface area contributed by atoms with Gasteiger partial charge in [0.1, 0.15) is 0 Å². The van der Waals surface area contributed by atoms with Gasteiger partial charge in [-0.15, -0.1) is 0 Å². The van der Waals surface area contributed by atoms with E-state index in [1.807, 2.05) is 0 Å². The maximum absolute atomic E-state index is 11.8. The largest absolute Gasteiger partial charge is 0.393 e. The van der Waals surface area contributed by atoms with Gasteiger partial charge in [0.05, 0.1) is 33.8 Å². The normalized spacial score (nSPS) is 13.2. The number of quaternary nitrogens is 1. The van der Waals surface area contributed by atoms with E-state index in [4.69, 9.17) is 0 Å². The molecule has 0 aromatic heterocycles. The summed E-state index contributed by atoms with van der Waals surface area (Å²) in [5, 5.41) is 12.9. The fraction of sp³-hybridized carbons (Fsp3) is 0.875. The fourth-order valence-electron chi connectivity index (χ4n) is 3.24. The molecule has 0 aromatic rings. The molecule has 0 rings (SSSR count). The predicted molar refractivity (Wildman–Crippen MR) is 121 cm³/mol. The van der Waals surface area contributed by atoms with E-state index >= 15 is 0 Å². The Morgan fingerprint density at radius 3 is 2.32 bits per heavy atom. The number of aliphatic hydroxyl groups excluding tert-OH is 1. The summed E-state index contributed by atoms with van der Waals surface area (Å²) in [6, 6.07) is 0. The molecule has 0 unspecified atom stereocenters. The smallest absolute Gasteiger partial charge is 0.219 e. The van der Waals surface area contributed by atoms with Crippen LogP contribution < -0.4 is 5.32 Å². The van der Waals surface area contributed by atoms with Crippen LogP contribution in [0.2, 0.25) is 0 Å². The first-order chi connectivity index (χ1) is 13.3. The third kappa shape index (κ3) is 21.4. The second-order valence-electron chi connectivity index (χ2n) is 9.23. The quantitative estimate of drug-likeness (QED) is 0.179. The van der Waals surface area contributed by atoms with Gasteiger partial charge in [-0.05, 0) is 32.1 Å². The average Bonchev–Trinajstić information content (AvgIpc) is 2.63. The van der Waals surface area contributed by atoms with Crippen LogP contribution in [0.1, 0.15) is 96.8 Å². The van der Waals surface area contributed by atoms with E-state index in [1.165, 1.54) is 38.5 Å². The Bertz CT molecular complexity index is 389. The number of nitrogens with one attached hydrogen (secondary N) is 1. The molecule has 28 heavy (non-hydrogen) atoms. The zero-order chi connectivity index (χ0) is 21.1. The lowest BCUT2D eigenvalue weighted by molar-refractivity contribution is -0.870. The van der Waals surface area contributed by atoms with Gasteiger partial charge < -0.3 is 14.9 Å². The van der Waals surface area contributed by atoms with E-state index in [9.17, 15) is 9.90 Å². The van der Waals surface area contributed by atoms with Crippen molar-refractivity contribution < 1.29 is 14.4 Å². The Labute approximate surface area is 175 Å². The molecular weight excluding hydrogens is 348 g/mol. The minimum absolute atomic E-state index is 0.160. The molecular formula is C24H49N2O2+. The van der Waals surface area contributed by atoms with E-state index in [-0.39, 0.29) is 12.0 Å². The Balaban J connectivity index is 3.37. The topological polar surface area (TPSA) is 49.3 Å². The number of nitrogens with zero attached hydrogens (tertiary/aromatic N) is 1. The third-order valence-electron chi connectivity index (χ3n) is 5.07. The van der Waals surface area contributed by atoms with Crippen molar-refractivity contribution in [2.75, 3.05) is 34.2 Å². The fourth-order valence-corrected chi connectivity index (χ4v) is 3.24. The van der Waals surface area contributed by atoms with Gasteiger partial charge in [0, 0.05) is 19.4 Å². The first-order valence-corrected chi connectivity index (χ1v) is 11.8. The number of unbranched alkanes of at least 4 members (excludes halogenated alkanes) is 8. The number of rotatable bonds is 19. The third-order valence-corrected chi connectivity index (χ3v) is 5.07. The molecule has 4 nitrogen and oxygen atoms in total. The first kappa shape index (κ1) is 27.1. The average molecular weight is 398 g/mol. The number of hydrogen-bond acceptors (Lipinski definition) is 2. The summed E-state index contributed by atoms with van der Waals surface area (Å²) in [6.07, 6.45) is 19.5. The molecule has 0 aliphatic heterocycles. The second-order valence-corrected chi connectivity index (χ2v) is 9.23. The van der Waals surface area contributed by atoms with Crippen LogP contribution in [0.25, 0.3) is 0 Å². The zero-order valence-corrected chi connectivity index (χ0v) is 19.3. The summed E-state index contributed by atoms with van der Waals surface area (Å²) in [5.74, 6) is 0.206. The molecule has 1 amide bonds. The van der Waals surface area contributed by atoms with Crippen molar-refractivity contribution in [2.45, 2.75) is 103 Å². The van der Waals surface area contributed by atoms with Crippen LogP contribution >= 0.6 is 0 Å². The summed E-state index contributed by atoms with van der Waals surface area (Å²) >= 11 is 0. The van der Waals surface area contributed by atoms with Crippen LogP contribution in [-0.4, -0.2) is 55.8 Å². The van der Waals surface area contributed by atoms with Crippen molar-refractivity contribution in [2.24, 2.45) is 0 Å². The highest BCUT2D eigenvalue weighted by atomic mass is 16.3. The van der Waals surface area contributed by atoms with Gasteiger partial charge in [0.25, 0.3) is 0 Å². The molecule has 0 aromatic carbocycles. The van der Waals surface area contributed by atoms with Gasteiger partial charge in [0.15, 0.2) is 0 Å². The molecule has 0 aliphatic carbocycles. The van der Waals surface area contributed by atoms with Gasteiger partial charge in [-0.3, -0.25) is 4.79 Å². The highest BCUT2D eigenvalue weighted by molar-refractivity contribution is 5.75. The number of allylic oxidation sites excluding steroid dienone is 1. The van der Waals surface area contributed by atoms with Gasteiger partial charge in [0.2, 0.25) is 5.91 Å². The van der Waals surface area contributed by atoms with Crippen molar-refractivity contribution in [3.8, 4) is 0 Å². The van der Waals surface area contributed by atoms with E-state index in [2.05, 4.69) is 45.5 Å². The maximum atomic E-state index is 11.8. The van der Waals surface area contributed by atoms with Gasteiger partial charge >= 0.3 is 0 Å². The number of amides is 1. The molecule has 166 valence electrons. The molecule has 1 atom stereocenters. The maximum Gasteiger partial charge on any atom is 0.219 e. The molecule has 0 bridgehead atoms. The Morgan fingerprint density at radius 2 is 1.61 bits per heavy atom. The van der Waals surface area contributed by atoms with Crippen molar-refractivity contribution in [1.82, 2.24) is 5.32 Å². The molecule has 0 heterocycles. The number of hydrogen-bond donors (Lipinski definition) is 2. The summed E-state index contributed by atoms with van der Waals surface area (Å²) in [5.41, 5.74) is 0. The Kier molecular flexibility index (Phi) is 17.6. The predicted octanol–water partition coefficient (Wildman–Crippen LogP) is 5.21. The van der Waals surface area contributed by atoms with Crippen molar-refractivity contribution in [3.63, 3.8) is 0 Å². The van der Waals surface area contributed by atoms with Crippen LogP contribution in [0.4, 0.5) is 0 Å². The van der Waals surface area contributed by atoms with Crippen LogP contribution in [0.15, 0.2) is 12.2 Å². The van der Waals surface area contributed by atoms with E-state index < -0.39 is 0 Å². The molecule has 0 spiro atoms. The highest BCUT2D eigenvalue weighted by Gasteiger charge is 2.06. The van der Waals surface area contributed by atoms with Crippen molar-refractivity contribution in [1.29, 1.82) is 0 Å². The SMILES string of the molecule is CCCCCC[C@@H](O)C/C=C/CCCCCCCC(=O)NCCC[N+](C)(C)C. The molecule has 4 heteroatoms. The van der Waals surface area contributed by atoms with Crippen LogP contribution in [0.3, 0.4) is 0 Å². The lowest BCUT2D eigenvalue weighted by Gasteiger charge is -2.23. The molecule has 0 radical (unpaired) electrons. The second kappa shape index (κ2) is 18.2. The van der Waals surface area contributed by atoms with Crippen LogP contribution in [0, 0.1) is 0 Å². The number of aliphatic hydroxyl groups is 1. The number of carbonyl (C=O) groups is 1. The lowest BCUT2D eigenvalue weighted by atomic mass is 10.1. The van der Waals surface area contributed by atoms with Gasteiger partial charge in [-0.25, -0.2) is 0 Å². The molecule has 0 aliphatic rings. The van der Waals surface area contributed by atoms with Crippen molar-refractivity contribution >= 4 is 5.91 Å². The van der Waals surface area contributed by atoms with Gasteiger partial charge in [-0.1, -0.05) is 64.0 Å². The lowest BCUT2D eigenvalue weighted by Crippen LogP contribution is -2.37. The molecule has 0 saturated heterocycles. The minimum atomic E-state index is -0.160. The van der Waals surface area contributed by atoms with E-state index in [0.717, 1.165) is 62.5 Å². The van der Waals surface area contributed by atoms with Gasteiger partial charge in [-0.2, -0.15) is 0 Å². The van der Waals surface area contributed by atoms with Crippen molar-refractivity contribution in [3.05, 3.63) is 12.2 Å². The molecule has 0 saturated carbocycles. The summed E-state index contributed by atoms with van der Waals surface area (Å²) in [4.78, 5) is 11.8. The van der Waals surface area contributed by atoms with E-state index in [0.29, 0.717) is 6.42 Å². The van der Waals surface area contributed by atoms with Crippen LogP contribution in [-0.2, 0) is 4.79 Å². The monoisotopic (exact) mass is 397 g/mol. The standard InChI is InChI=1S/C24H48N2O2/c1-5-6-7-14-18-23(27)19-15-12-10-8-9-11-13-16-20-24(28)25-21-17-22-26(2,3)4/h12,15,23,27H,5-11,13-14,16-22H2,1-4H3/p+1/b15-12+/t23-/m1/s1. The molecule has 2 N–H and O–H groups in total. The summed E-state index contributed by atoms with van der Waals surface area (Å²) in [7, 11) is 6.53. The minimum Gasteiger partial charge on any atom is -0.393 e. The number of carbonyl (C=O) groups excluding carboxylic acids is 1. The Morgan fingerprint density at radius 1 is 0.929 bits per heavy atom.